The molecular formula is C20H18N2O6. The number of ether oxygens (including phenoxy) is 1. The van der Waals surface area contributed by atoms with Crippen LogP contribution in [0.2, 0.25) is 0 Å². The summed E-state index contributed by atoms with van der Waals surface area (Å²) in [5.41, 5.74) is 1.34. The first kappa shape index (κ1) is 19.2. The average Bonchev–Trinajstić information content (AvgIpc) is 3.12. The monoisotopic (exact) mass is 382 g/mol. The highest BCUT2D eigenvalue weighted by Gasteiger charge is 2.22. The molecule has 1 heterocycles. The van der Waals surface area contributed by atoms with Crippen LogP contribution >= 0.6 is 0 Å². The molecule has 0 spiro atoms. The molecule has 0 aliphatic carbocycles. The smallest absolute Gasteiger partial charge is 0.338 e. The summed E-state index contributed by atoms with van der Waals surface area (Å²) in [6.07, 6.45) is 1.32. The van der Waals surface area contributed by atoms with E-state index in [1.54, 1.807) is 24.0 Å². The molecule has 0 saturated carbocycles. The summed E-state index contributed by atoms with van der Waals surface area (Å²) >= 11 is 0. The van der Waals surface area contributed by atoms with E-state index >= 15 is 0 Å². The summed E-state index contributed by atoms with van der Waals surface area (Å²) < 4.78 is 5.02. The minimum Gasteiger partial charge on any atom is -0.454 e. The number of carbonyl (C=O) groups excluding carboxylic acids is 3. The molecule has 3 rings (SSSR count). The van der Waals surface area contributed by atoms with Gasteiger partial charge in [-0.2, -0.15) is 0 Å². The molecule has 1 fully saturated rings. The van der Waals surface area contributed by atoms with E-state index in [1.165, 1.54) is 30.3 Å². The minimum absolute atomic E-state index is 0.0492. The Morgan fingerprint density at radius 3 is 2.43 bits per heavy atom. The lowest BCUT2D eigenvalue weighted by molar-refractivity contribution is -0.385. The van der Waals surface area contributed by atoms with E-state index in [-0.39, 0.29) is 22.7 Å². The van der Waals surface area contributed by atoms with E-state index in [2.05, 4.69) is 0 Å². The summed E-state index contributed by atoms with van der Waals surface area (Å²) in [6.45, 7) is 1.71. The molecule has 1 aliphatic heterocycles. The topological polar surface area (TPSA) is 107 Å². The van der Waals surface area contributed by atoms with Crippen molar-refractivity contribution in [3.8, 4) is 0 Å². The fourth-order valence-electron chi connectivity index (χ4n) is 2.98. The van der Waals surface area contributed by atoms with E-state index in [0.29, 0.717) is 24.2 Å². The molecule has 144 valence electrons. The van der Waals surface area contributed by atoms with Gasteiger partial charge in [-0.3, -0.25) is 19.7 Å². The molecule has 0 aromatic heterocycles. The second kappa shape index (κ2) is 7.99. The van der Waals surface area contributed by atoms with Crippen LogP contribution in [0.5, 0.6) is 0 Å². The predicted octanol–water partition coefficient (Wildman–Crippen LogP) is 3.07. The molecule has 0 atom stereocenters. The number of amides is 1. The number of hydrogen-bond acceptors (Lipinski definition) is 6. The van der Waals surface area contributed by atoms with Crippen molar-refractivity contribution in [2.75, 3.05) is 18.1 Å². The van der Waals surface area contributed by atoms with Crippen molar-refractivity contribution in [1.82, 2.24) is 0 Å². The maximum atomic E-state index is 12.2. The molecule has 8 heteroatoms. The summed E-state index contributed by atoms with van der Waals surface area (Å²) in [5, 5.41) is 11.0. The van der Waals surface area contributed by atoms with Crippen molar-refractivity contribution in [2.24, 2.45) is 0 Å². The Bertz CT molecular complexity index is 952. The van der Waals surface area contributed by atoms with E-state index in [1.807, 2.05) is 0 Å². The van der Waals surface area contributed by atoms with Crippen molar-refractivity contribution in [2.45, 2.75) is 19.8 Å². The Hall–Kier alpha value is -3.55. The molecule has 1 aliphatic rings. The third-order valence-corrected chi connectivity index (χ3v) is 4.55. The minimum atomic E-state index is -0.686. The van der Waals surface area contributed by atoms with Crippen molar-refractivity contribution in [3.63, 3.8) is 0 Å². The quantitative estimate of drug-likeness (QED) is 0.329. The second-order valence-electron chi connectivity index (χ2n) is 6.45. The van der Waals surface area contributed by atoms with Gasteiger partial charge >= 0.3 is 5.97 Å². The van der Waals surface area contributed by atoms with E-state index < -0.39 is 23.3 Å². The Balaban J connectivity index is 1.62. The Morgan fingerprint density at radius 1 is 1.14 bits per heavy atom. The zero-order chi connectivity index (χ0) is 20.3. The number of rotatable bonds is 6. The Morgan fingerprint density at radius 2 is 1.82 bits per heavy atom. The highest BCUT2D eigenvalue weighted by molar-refractivity contribution is 6.00. The third kappa shape index (κ3) is 4.06. The maximum absolute atomic E-state index is 12.2. The lowest BCUT2D eigenvalue weighted by atomic mass is 10.1. The van der Waals surface area contributed by atoms with Gasteiger partial charge in [-0.15, -0.1) is 0 Å². The zero-order valence-electron chi connectivity index (χ0n) is 15.2. The van der Waals surface area contributed by atoms with Crippen LogP contribution in [-0.4, -0.2) is 35.7 Å². The Labute approximate surface area is 160 Å². The van der Waals surface area contributed by atoms with Crippen LogP contribution in [-0.2, 0) is 9.53 Å². The van der Waals surface area contributed by atoms with Crippen LogP contribution in [0, 0.1) is 17.0 Å². The van der Waals surface area contributed by atoms with Crippen molar-refractivity contribution < 1.29 is 24.0 Å². The van der Waals surface area contributed by atoms with Gasteiger partial charge in [0.1, 0.15) is 0 Å². The standard InChI is InChI=1S/C20H18N2O6/c1-13-4-5-15(11-17(13)22(26)27)18(23)12-28-20(25)14-6-8-16(9-7-14)21-10-2-3-19(21)24/h4-9,11H,2-3,10,12H2,1H3. The highest BCUT2D eigenvalue weighted by Crippen LogP contribution is 2.22. The summed E-state index contributed by atoms with van der Waals surface area (Å²) in [6, 6.07) is 10.5. The van der Waals surface area contributed by atoms with Gasteiger partial charge < -0.3 is 9.64 Å². The first-order valence-corrected chi connectivity index (χ1v) is 8.72. The van der Waals surface area contributed by atoms with Gasteiger partial charge in [-0.05, 0) is 37.6 Å². The van der Waals surface area contributed by atoms with Crippen LogP contribution in [0.1, 0.15) is 39.1 Å². The largest absolute Gasteiger partial charge is 0.454 e. The number of anilines is 1. The van der Waals surface area contributed by atoms with Crippen LogP contribution < -0.4 is 4.90 Å². The van der Waals surface area contributed by atoms with Crippen LogP contribution in [0.25, 0.3) is 0 Å². The van der Waals surface area contributed by atoms with Crippen LogP contribution in [0.3, 0.4) is 0 Å². The van der Waals surface area contributed by atoms with Gasteiger partial charge in [0.15, 0.2) is 6.61 Å². The van der Waals surface area contributed by atoms with Gasteiger partial charge in [0.2, 0.25) is 11.7 Å². The van der Waals surface area contributed by atoms with Gasteiger partial charge in [0.25, 0.3) is 5.69 Å². The molecule has 1 amide bonds. The molecule has 0 radical (unpaired) electrons. The molecule has 0 bridgehead atoms. The number of carbonyl (C=O) groups is 3. The first-order valence-electron chi connectivity index (χ1n) is 8.72. The molecule has 0 unspecified atom stereocenters. The fourth-order valence-corrected chi connectivity index (χ4v) is 2.98. The van der Waals surface area contributed by atoms with E-state index in [4.69, 9.17) is 4.74 Å². The SMILES string of the molecule is Cc1ccc(C(=O)COC(=O)c2ccc(N3CCCC3=O)cc2)cc1[N+](=O)[O-]. The summed E-state index contributed by atoms with van der Waals surface area (Å²) in [5.74, 6) is -1.17. The lowest BCUT2D eigenvalue weighted by Crippen LogP contribution is -2.23. The molecule has 28 heavy (non-hydrogen) atoms. The Kier molecular flexibility index (Phi) is 5.49. The van der Waals surface area contributed by atoms with Crippen molar-refractivity contribution >= 4 is 29.0 Å². The van der Waals surface area contributed by atoms with Gasteiger partial charge in [0, 0.05) is 35.8 Å². The molecule has 0 N–H and O–H groups in total. The van der Waals surface area contributed by atoms with E-state index in [0.717, 1.165) is 6.42 Å². The van der Waals surface area contributed by atoms with Gasteiger partial charge in [0.05, 0.1) is 10.5 Å². The van der Waals surface area contributed by atoms with Gasteiger partial charge in [-0.25, -0.2) is 4.79 Å². The highest BCUT2D eigenvalue weighted by atomic mass is 16.6. The number of nitro benzene ring substituents is 1. The van der Waals surface area contributed by atoms with Crippen molar-refractivity contribution in [1.29, 1.82) is 0 Å². The van der Waals surface area contributed by atoms with Crippen molar-refractivity contribution in [3.05, 3.63) is 69.3 Å². The third-order valence-electron chi connectivity index (χ3n) is 4.55. The zero-order valence-corrected chi connectivity index (χ0v) is 15.2. The number of nitro groups is 1. The normalized spacial score (nSPS) is 13.5. The molecule has 8 nitrogen and oxygen atoms in total. The van der Waals surface area contributed by atoms with E-state index in [9.17, 15) is 24.5 Å². The number of benzene rings is 2. The molecule has 2 aromatic rings. The second-order valence-corrected chi connectivity index (χ2v) is 6.45. The summed E-state index contributed by atoms with van der Waals surface area (Å²) in [4.78, 5) is 48.1. The van der Waals surface area contributed by atoms with Gasteiger partial charge in [-0.1, -0.05) is 12.1 Å². The number of Topliss-reactive ketones (excluding diaryl/α,β-unsaturated/α-hetero) is 1. The average molecular weight is 382 g/mol. The number of esters is 1. The number of ketones is 1. The maximum Gasteiger partial charge on any atom is 0.338 e. The number of nitrogens with zero attached hydrogens (tertiary/aromatic N) is 2. The number of hydrogen-bond donors (Lipinski definition) is 0. The molecular weight excluding hydrogens is 364 g/mol. The predicted molar refractivity (Wildman–Crippen MR) is 100 cm³/mol. The first-order chi connectivity index (χ1) is 13.4. The molecule has 2 aromatic carbocycles. The van der Waals surface area contributed by atoms with Crippen LogP contribution in [0.15, 0.2) is 42.5 Å². The summed E-state index contributed by atoms with van der Waals surface area (Å²) in [7, 11) is 0. The molecule has 1 saturated heterocycles. The fraction of sp³-hybridized carbons (Fsp3) is 0.250. The number of aryl methyl sites for hydroxylation is 1. The lowest BCUT2D eigenvalue weighted by Gasteiger charge is -2.15. The van der Waals surface area contributed by atoms with Crippen LogP contribution in [0.4, 0.5) is 11.4 Å².